The topological polar surface area (TPSA) is 130 Å². The van der Waals surface area contributed by atoms with E-state index in [1.165, 1.54) is 6.07 Å². The number of aromatic hydroxyl groups is 1. The SMILES string of the molecule is C=C(C(=O)OCC)C1OB(O)c2cc(O)cc(C)c21.Cc1cc(OC2CCCCO2)cc(B2OC(C)(C)C(C)(C)O2)c1C=O. The average Bonchev–Trinajstić information content (AvgIpc) is 3.40. The lowest BCUT2D eigenvalue weighted by atomic mass is 9.75. The van der Waals surface area contributed by atoms with Crippen molar-refractivity contribution in [3.63, 3.8) is 0 Å². The molecule has 2 aromatic carbocycles. The summed E-state index contributed by atoms with van der Waals surface area (Å²) in [5.41, 5.74) is 3.18. The van der Waals surface area contributed by atoms with Crippen LogP contribution in [0.2, 0.25) is 0 Å². The van der Waals surface area contributed by atoms with E-state index in [0.717, 1.165) is 43.3 Å². The zero-order valence-electron chi connectivity index (χ0n) is 26.6. The zero-order valence-corrected chi connectivity index (χ0v) is 26.6. The van der Waals surface area contributed by atoms with Crippen LogP contribution in [0.4, 0.5) is 0 Å². The molecule has 0 saturated carbocycles. The van der Waals surface area contributed by atoms with Gasteiger partial charge in [-0.15, -0.1) is 0 Å². The fourth-order valence-electron chi connectivity index (χ4n) is 5.37. The summed E-state index contributed by atoms with van der Waals surface area (Å²) in [5, 5.41) is 19.4. The van der Waals surface area contributed by atoms with Crippen LogP contribution < -0.4 is 15.7 Å². The molecule has 0 spiro atoms. The van der Waals surface area contributed by atoms with E-state index >= 15 is 0 Å². The number of hydrogen-bond acceptors (Lipinski definition) is 10. The number of aryl methyl sites for hydroxylation is 2. The van der Waals surface area contributed by atoms with Crippen molar-refractivity contribution in [2.24, 2.45) is 0 Å². The molecule has 10 nitrogen and oxygen atoms in total. The fourth-order valence-corrected chi connectivity index (χ4v) is 5.37. The molecule has 5 rings (SSSR count). The van der Waals surface area contributed by atoms with Crippen molar-refractivity contribution in [2.45, 2.75) is 91.3 Å². The number of aldehydes is 1. The molecule has 2 aromatic rings. The summed E-state index contributed by atoms with van der Waals surface area (Å²) in [7, 11) is -1.78. The van der Waals surface area contributed by atoms with Crippen molar-refractivity contribution in [1.82, 2.24) is 0 Å². The van der Waals surface area contributed by atoms with Crippen molar-refractivity contribution in [3.8, 4) is 11.5 Å². The third-order valence-electron chi connectivity index (χ3n) is 8.47. The van der Waals surface area contributed by atoms with Gasteiger partial charge in [-0.1, -0.05) is 6.58 Å². The summed E-state index contributed by atoms with van der Waals surface area (Å²) in [6.45, 7) is 18.0. The van der Waals surface area contributed by atoms with Crippen molar-refractivity contribution in [3.05, 3.63) is 58.7 Å². The highest BCUT2D eigenvalue weighted by Gasteiger charge is 2.52. The van der Waals surface area contributed by atoms with Crippen LogP contribution in [0.3, 0.4) is 0 Å². The number of esters is 1. The number of benzene rings is 2. The maximum absolute atomic E-state index is 11.7. The standard InChI is InChI=1S/C19H27BO5.C13H15BO5/c1-13-10-14(23-17-8-6-7-9-22-17)11-16(15(13)12-21)20-24-18(2,3)19(4,5)25-20;1-4-18-13(16)8(3)12-11-7(2)5-9(15)6-10(11)14(17)19-12/h10-12,17H,6-9H2,1-5H3;5-6,12,15,17H,3-4H2,1-2H3. The van der Waals surface area contributed by atoms with Gasteiger partial charge in [0.25, 0.3) is 0 Å². The minimum absolute atomic E-state index is 0.0429. The summed E-state index contributed by atoms with van der Waals surface area (Å²) in [6.07, 6.45) is 2.92. The molecule has 3 aliphatic rings. The number of phenols is 1. The van der Waals surface area contributed by atoms with Gasteiger partial charge in [0.15, 0.2) is 6.29 Å². The molecule has 3 heterocycles. The van der Waals surface area contributed by atoms with E-state index in [1.54, 1.807) is 19.9 Å². The average molecular weight is 608 g/mol. The molecule has 2 N–H and O–H groups in total. The molecule has 236 valence electrons. The predicted octanol–water partition coefficient (Wildman–Crippen LogP) is 3.59. The van der Waals surface area contributed by atoms with Crippen molar-refractivity contribution < 1.29 is 47.9 Å². The number of fused-ring (bicyclic) bond motifs is 1. The van der Waals surface area contributed by atoms with Gasteiger partial charge in [0.2, 0.25) is 0 Å². The fraction of sp³-hybridized carbons (Fsp3) is 0.500. The van der Waals surface area contributed by atoms with E-state index in [9.17, 15) is 19.7 Å². The lowest BCUT2D eigenvalue weighted by Gasteiger charge is -2.32. The second kappa shape index (κ2) is 13.5. The van der Waals surface area contributed by atoms with Gasteiger partial charge in [0, 0.05) is 12.0 Å². The summed E-state index contributed by atoms with van der Waals surface area (Å²) in [4.78, 5) is 23.3. The van der Waals surface area contributed by atoms with Gasteiger partial charge in [-0.05, 0) is 113 Å². The molecular weight excluding hydrogens is 566 g/mol. The van der Waals surface area contributed by atoms with E-state index in [0.29, 0.717) is 27.8 Å². The summed E-state index contributed by atoms with van der Waals surface area (Å²) >= 11 is 0. The number of carbonyl (C=O) groups is 2. The molecule has 0 amide bonds. The molecule has 12 heteroatoms. The molecule has 0 aromatic heterocycles. The molecule has 3 aliphatic heterocycles. The van der Waals surface area contributed by atoms with Crippen LogP contribution in [-0.2, 0) is 28.2 Å². The molecule has 0 radical (unpaired) electrons. The zero-order chi connectivity index (χ0) is 32.4. The molecule has 0 aliphatic carbocycles. The van der Waals surface area contributed by atoms with Gasteiger partial charge in [-0.3, -0.25) is 4.79 Å². The van der Waals surface area contributed by atoms with Crippen LogP contribution >= 0.6 is 0 Å². The first-order valence-corrected chi connectivity index (χ1v) is 15.0. The van der Waals surface area contributed by atoms with E-state index in [1.807, 2.05) is 46.8 Å². The molecule has 2 atom stereocenters. The Kier molecular flexibility index (Phi) is 10.3. The van der Waals surface area contributed by atoms with E-state index in [2.05, 4.69) is 6.58 Å². The van der Waals surface area contributed by atoms with Crippen LogP contribution in [0.25, 0.3) is 0 Å². The van der Waals surface area contributed by atoms with Crippen molar-refractivity contribution in [1.29, 1.82) is 0 Å². The Bertz CT molecular complexity index is 1380. The summed E-state index contributed by atoms with van der Waals surface area (Å²) < 4.78 is 34.1. The molecular formula is C32H42B2O10. The largest absolute Gasteiger partial charge is 0.508 e. The highest BCUT2D eigenvalue weighted by atomic mass is 16.7. The van der Waals surface area contributed by atoms with Crippen molar-refractivity contribution >= 4 is 37.4 Å². The third kappa shape index (κ3) is 7.05. The van der Waals surface area contributed by atoms with Gasteiger partial charge in [0.1, 0.15) is 23.9 Å². The van der Waals surface area contributed by atoms with Crippen LogP contribution in [-0.4, -0.2) is 67.3 Å². The van der Waals surface area contributed by atoms with Crippen LogP contribution in [0.15, 0.2) is 36.4 Å². The number of hydrogen-bond donors (Lipinski definition) is 2. The summed E-state index contributed by atoms with van der Waals surface area (Å²) in [5.74, 6) is 0.168. The monoisotopic (exact) mass is 608 g/mol. The first-order valence-electron chi connectivity index (χ1n) is 15.0. The maximum Gasteiger partial charge on any atom is 0.495 e. The van der Waals surface area contributed by atoms with Gasteiger partial charge >= 0.3 is 20.2 Å². The van der Waals surface area contributed by atoms with Gasteiger partial charge < -0.3 is 38.3 Å². The van der Waals surface area contributed by atoms with Crippen molar-refractivity contribution in [2.75, 3.05) is 13.2 Å². The lowest BCUT2D eigenvalue weighted by molar-refractivity contribution is -0.139. The Balaban J connectivity index is 0.000000209. The third-order valence-corrected chi connectivity index (χ3v) is 8.47. The first kappa shape index (κ1) is 33.7. The smallest absolute Gasteiger partial charge is 0.495 e. The molecule has 44 heavy (non-hydrogen) atoms. The normalized spacial score (nSPS) is 21.6. The second-order valence-electron chi connectivity index (χ2n) is 12.2. The summed E-state index contributed by atoms with van der Waals surface area (Å²) in [6, 6.07) is 6.68. The Morgan fingerprint density at radius 3 is 2.34 bits per heavy atom. The Morgan fingerprint density at radius 2 is 1.75 bits per heavy atom. The minimum atomic E-state index is -1.18. The van der Waals surface area contributed by atoms with Gasteiger partial charge in [-0.25, -0.2) is 4.79 Å². The number of ether oxygens (including phenoxy) is 3. The van der Waals surface area contributed by atoms with E-state index in [-0.39, 0.29) is 24.2 Å². The molecule has 2 unspecified atom stereocenters. The molecule has 2 saturated heterocycles. The predicted molar refractivity (Wildman–Crippen MR) is 167 cm³/mol. The van der Waals surface area contributed by atoms with Gasteiger partial charge in [-0.2, -0.15) is 0 Å². The van der Waals surface area contributed by atoms with Gasteiger partial charge in [0.05, 0.1) is 30.0 Å². The first-order chi connectivity index (χ1) is 20.7. The van der Waals surface area contributed by atoms with E-state index in [4.69, 9.17) is 28.2 Å². The Labute approximate surface area is 259 Å². The number of phenolic OH excluding ortho intramolecular Hbond substituents is 1. The Morgan fingerprint density at radius 1 is 1.07 bits per heavy atom. The minimum Gasteiger partial charge on any atom is -0.508 e. The quantitative estimate of drug-likeness (QED) is 0.208. The van der Waals surface area contributed by atoms with Crippen LogP contribution in [0.1, 0.15) is 87.0 Å². The number of rotatable bonds is 7. The van der Waals surface area contributed by atoms with E-state index < -0.39 is 37.5 Å². The second-order valence-corrected chi connectivity index (χ2v) is 12.2. The highest BCUT2D eigenvalue weighted by Crippen LogP contribution is 2.37. The number of carbonyl (C=O) groups excluding carboxylic acids is 2. The Hall–Kier alpha value is -3.15. The lowest BCUT2D eigenvalue weighted by Crippen LogP contribution is -2.41. The highest BCUT2D eigenvalue weighted by molar-refractivity contribution is 6.63. The maximum atomic E-state index is 11.7. The van der Waals surface area contributed by atoms with Crippen LogP contribution in [0, 0.1) is 13.8 Å². The van der Waals surface area contributed by atoms with Crippen LogP contribution in [0.5, 0.6) is 11.5 Å². The molecule has 0 bridgehead atoms. The molecule has 2 fully saturated rings.